The van der Waals surface area contributed by atoms with Gasteiger partial charge >= 0.3 is 5.97 Å². The number of fused-ring (bicyclic) bond motifs is 5. The van der Waals surface area contributed by atoms with Gasteiger partial charge in [-0.1, -0.05) is 69.2 Å². The molecule has 0 aromatic heterocycles. The Kier molecular flexibility index (Phi) is 9.52. The largest absolute Gasteiger partial charge is 0.458 e. The predicted octanol–water partition coefficient (Wildman–Crippen LogP) is 7.21. The summed E-state index contributed by atoms with van der Waals surface area (Å²) in [6.45, 7) is 17.4. The second-order valence-corrected chi connectivity index (χ2v) is 16.0. The number of carbonyl (C=O) groups excluding carboxylic acids is 2. The molecule has 4 aliphatic carbocycles. The lowest BCUT2D eigenvalue weighted by Crippen LogP contribution is -2.65. The number of aliphatic hydroxyl groups is 2. The van der Waals surface area contributed by atoms with Crippen LogP contribution < -0.4 is 5.32 Å². The highest BCUT2D eigenvalue weighted by molar-refractivity contribution is 5.94. The van der Waals surface area contributed by atoms with Gasteiger partial charge in [-0.3, -0.25) is 9.59 Å². The quantitative estimate of drug-likeness (QED) is 0.170. The van der Waals surface area contributed by atoms with Crippen molar-refractivity contribution >= 4 is 11.9 Å². The molecule has 0 spiro atoms. The number of rotatable bonds is 7. The van der Waals surface area contributed by atoms with Crippen molar-refractivity contribution in [3.63, 3.8) is 0 Å². The van der Waals surface area contributed by atoms with Crippen LogP contribution in [-0.4, -0.2) is 40.4 Å². The van der Waals surface area contributed by atoms with Gasteiger partial charge in [0.05, 0.1) is 12.2 Å². The molecule has 0 aliphatic heterocycles. The van der Waals surface area contributed by atoms with Gasteiger partial charge in [0, 0.05) is 19.0 Å². The fourth-order valence-corrected chi connectivity index (χ4v) is 10.8. The number of amides is 1. The van der Waals surface area contributed by atoms with Gasteiger partial charge in [-0.25, -0.2) is 0 Å². The zero-order chi connectivity index (χ0) is 32.9. The molecule has 4 aliphatic rings. The minimum absolute atomic E-state index is 0.0711. The highest BCUT2D eigenvalue weighted by atomic mass is 16.5. The molecule has 0 bridgehead atoms. The number of aliphatic hydroxyl groups excluding tert-OH is 2. The van der Waals surface area contributed by atoms with E-state index in [0.29, 0.717) is 37.3 Å². The highest BCUT2D eigenvalue weighted by Crippen LogP contribution is 2.74. The van der Waals surface area contributed by atoms with Crippen molar-refractivity contribution in [1.29, 1.82) is 0 Å². The Hall–Kier alpha value is -2.44. The Morgan fingerprint density at radius 1 is 1.00 bits per heavy atom. The van der Waals surface area contributed by atoms with Crippen molar-refractivity contribution in [3.8, 4) is 0 Å². The van der Waals surface area contributed by atoms with E-state index in [4.69, 9.17) is 4.74 Å². The molecule has 0 saturated heterocycles. The molecule has 4 saturated carbocycles. The number of esters is 1. The maximum atomic E-state index is 14.2. The molecule has 1 aromatic carbocycles. The third kappa shape index (κ3) is 5.95. The molecule has 3 N–H and O–H groups in total. The topological polar surface area (TPSA) is 95.9 Å². The van der Waals surface area contributed by atoms with Crippen LogP contribution in [0.15, 0.2) is 47.1 Å². The monoisotopic (exact) mass is 619 g/mol. The molecule has 45 heavy (non-hydrogen) atoms. The zero-order valence-corrected chi connectivity index (χ0v) is 28.9. The van der Waals surface area contributed by atoms with E-state index in [9.17, 15) is 19.8 Å². The lowest BCUT2D eigenvalue weighted by molar-refractivity contribution is -0.234. The first-order chi connectivity index (χ1) is 21.1. The van der Waals surface area contributed by atoms with Gasteiger partial charge in [-0.2, -0.15) is 0 Å². The van der Waals surface area contributed by atoms with E-state index < -0.39 is 12.2 Å². The predicted molar refractivity (Wildman–Crippen MR) is 178 cm³/mol. The third-order valence-corrected chi connectivity index (χ3v) is 13.2. The Balaban J connectivity index is 1.57. The number of aryl methyl sites for hydroxylation is 1. The summed E-state index contributed by atoms with van der Waals surface area (Å²) in [5.74, 6) is 0.122. The summed E-state index contributed by atoms with van der Waals surface area (Å²) in [4.78, 5) is 26.8. The van der Waals surface area contributed by atoms with Crippen molar-refractivity contribution < 1.29 is 24.5 Å². The first-order valence-corrected chi connectivity index (χ1v) is 17.4. The summed E-state index contributed by atoms with van der Waals surface area (Å²) >= 11 is 0. The first kappa shape index (κ1) is 33.9. The number of carbonyl (C=O) groups is 2. The molecule has 4 fully saturated rings. The van der Waals surface area contributed by atoms with Crippen molar-refractivity contribution in [2.75, 3.05) is 0 Å². The van der Waals surface area contributed by atoms with Gasteiger partial charge in [0.15, 0.2) is 0 Å². The van der Waals surface area contributed by atoms with Crippen LogP contribution in [0.2, 0.25) is 0 Å². The summed E-state index contributed by atoms with van der Waals surface area (Å²) in [5.41, 5.74) is 4.49. The molecule has 10 atom stereocenters. The van der Waals surface area contributed by atoms with Gasteiger partial charge in [-0.05, 0) is 123 Å². The van der Waals surface area contributed by atoms with Crippen LogP contribution in [0, 0.1) is 46.8 Å². The van der Waals surface area contributed by atoms with Gasteiger partial charge in [0.2, 0.25) is 5.91 Å². The Morgan fingerprint density at radius 3 is 2.33 bits per heavy atom. The van der Waals surface area contributed by atoms with E-state index in [1.54, 1.807) is 0 Å². The van der Waals surface area contributed by atoms with Crippen LogP contribution in [0.25, 0.3) is 0 Å². The van der Waals surface area contributed by atoms with Gasteiger partial charge in [0.25, 0.3) is 0 Å². The first-order valence-electron chi connectivity index (χ1n) is 17.4. The summed E-state index contributed by atoms with van der Waals surface area (Å²) in [7, 11) is 0. The number of hydrogen-bond donors (Lipinski definition) is 3. The lowest BCUT2D eigenvalue weighted by Gasteiger charge is -2.69. The Morgan fingerprint density at radius 2 is 1.69 bits per heavy atom. The molecule has 0 unspecified atom stereocenters. The van der Waals surface area contributed by atoms with Gasteiger partial charge in [-0.15, -0.1) is 0 Å². The number of nitrogens with one attached hydrogen (secondary N) is 1. The lowest BCUT2D eigenvalue weighted by atomic mass is 9.36. The van der Waals surface area contributed by atoms with Crippen LogP contribution in [-0.2, 0) is 20.9 Å². The van der Waals surface area contributed by atoms with Crippen molar-refractivity contribution in [1.82, 2.24) is 5.32 Å². The van der Waals surface area contributed by atoms with E-state index in [1.165, 1.54) is 18.1 Å². The fourth-order valence-electron chi connectivity index (χ4n) is 10.8. The van der Waals surface area contributed by atoms with Crippen LogP contribution in [0.1, 0.15) is 111 Å². The molecule has 248 valence electrons. The average molecular weight is 620 g/mol. The fraction of sp³-hybridized carbons (Fsp3) is 0.692. The summed E-state index contributed by atoms with van der Waals surface area (Å²) < 4.78 is 6.13. The molecule has 1 amide bonds. The number of ether oxygens (including phenoxy) is 1. The molecular formula is C39H57NO5. The minimum atomic E-state index is -0.538. The zero-order valence-electron chi connectivity index (χ0n) is 28.9. The Bertz CT molecular complexity index is 1340. The van der Waals surface area contributed by atoms with E-state index in [0.717, 1.165) is 43.2 Å². The normalized spacial score (nSPS) is 40.0. The average Bonchev–Trinajstić information content (AvgIpc) is 3.23. The van der Waals surface area contributed by atoms with Crippen molar-refractivity contribution in [2.45, 2.75) is 132 Å². The molecular weight excluding hydrogens is 562 g/mol. The van der Waals surface area contributed by atoms with Crippen molar-refractivity contribution in [3.05, 3.63) is 58.2 Å². The molecule has 1 aromatic rings. The smallest absolute Gasteiger partial charge is 0.303 e. The van der Waals surface area contributed by atoms with E-state index in [1.807, 2.05) is 12.1 Å². The standard InChI is InChI=1S/C39H57NO5/c1-23(2)10-9-11-28(36(44)40-22-27-14-12-24(3)13-15-27)34-30-20-32(43)35-37(6)18-17-31(42)25(4)29(37)16-19-38(35,7)39(30,8)21-33(34)45-26(5)41/h10,12-15,25,29-33,35,42-43H,9,11,16-22H2,1-8H3,(H,40,44)/b34-28-/t25-,29-,30-,31+,32+,33-,35-,37-,38-,39-/m0/s1. The maximum Gasteiger partial charge on any atom is 0.303 e. The third-order valence-electron chi connectivity index (χ3n) is 13.2. The van der Waals surface area contributed by atoms with E-state index in [2.05, 4.69) is 72.0 Å². The van der Waals surface area contributed by atoms with E-state index >= 15 is 0 Å². The minimum Gasteiger partial charge on any atom is -0.458 e. The van der Waals surface area contributed by atoms with Gasteiger partial charge < -0.3 is 20.3 Å². The van der Waals surface area contributed by atoms with E-state index in [-0.39, 0.29) is 52.0 Å². The van der Waals surface area contributed by atoms with Crippen LogP contribution in [0.4, 0.5) is 0 Å². The molecule has 0 heterocycles. The van der Waals surface area contributed by atoms with Crippen molar-refractivity contribution in [2.24, 2.45) is 39.9 Å². The van der Waals surface area contributed by atoms with Crippen LogP contribution >= 0.6 is 0 Å². The van der Waals surface area contributed by atoms with Crippen LogP contribution in [0.3, 0.4) is 0 Å². The molecule has 6 nitrogen and oxygen atoms in total. The second-order valence-electron chi connectivity index (χ2n) is 16.0. The Labute approximate surface area is 271 Å². The number of benzene rings is 1. The molecule has 0 radical (unpaired) electrons. The highest BCUT2D eigenvalue weighted by Gasteiger charge is 2.70. The second kappa shape index (κ2) is 12.6. The number of allylic oxidation sites excluding steroid dienone is 2. The SMILES string of the molecule is CC(=O)O[C@H]1C[C@@]2(C)[C@@H](C[C@@H](O)[C@H]3[C@@]4(C)CC[C@@H](O)[C@@H](C)[C@@H]4CC[C@@]32C)/C1=C(\CCC=C(C)C)C(=O)NCc1ccc(C)cc1. The summed E-state index contributed by atoms with van der Waals surface area (Å²) in [6.07, 6.45) is 6.97. The molecule has 5 rings (SSSR count). The summed E-state index contributed by atoms with van der Waals surface area (Å²) in [5, 5.41) is 26.2. The maximum absolute atomic E-state index is 14.2. The summed E-state index contributed by atoms with van der Waals surface area (Å²) in [6, 6.07) is 8.19. The number of hydrogen-bond acceptors (Lipinski definition) is 5. The molecule has 6 heteroatoms. The van der Waals surface area contributed by atoms with Crippen LogP contribution in [0.5, 0.6) is 0 Å². The van der Waals surface area contributed by atoms with Gasteiger partial charge in [0.1, 0.15) is 6.10 Å².